The van der Waals surface area contributed by atoms with Crippen molar-refractivity contribution in [3.05, 3.63) is 4.77 Å². The van der Waals surface area contributed by atoms with E-state index in [1.807, 2.05) is 25.5 Å². The van der Waals surface area contributed by atoms with Crippen LogP contribution >= 0.6 is 12.2 Å². The summed E-state index contributed by atoms with van der Waals surface area (Å²) in [4.78, 5) is 2.06. The summed E-state index contributed by atoms with van der Waals surface area (Å²) in [5.41, 5.74) is 0. The number of rotatable bonds is 7. The highest BCUT2D eigenvalue weighted by Crippen LogP contribution is 2.10. The number of likely N-dealkylation sites (N-methyl/N-ethyl adjacent to an activating group) is 1. The second-order valence-corrected chi connectivity index (χ2v) is 4.71. The van der Waals surface area contributed by atoms with Crippen LogP contribution in [0.4, 0.5) is 5.95 Å². The minimum Gasteiger partial charge on any atom is -0.377 e. The lowest BCUT2D eigenvalue weighted by Crippen LogP contribution is -2.26. The molecule has 17 heavy (non-hydrogen) atoms. The Morgan fingerprint density at radius 1 is 1.53 bits per heavy atom. The van der Waals surface area contributed by atoms with Crippen molar-refractivity contribution in [3.63, 3.8) is 0 Å². The van der Waals surface area contributed by atoms with Crippen LogP contribution in [0.1, 0.15) is 27.2 Å². The Hall–Kier alpha value is -0.880. The Labute approximate surface area is 108 Å². The normalized spacial score (nSPS) is 11.1. The SMILES string of the molecule is CCCn1c(N(C)CCOC(C)C)n[nH]c1=S. The molecule has 1 rings (SSSR count). The summed E-state index contributed by atoms with van der Waals surface area (Å²) in [6.45, 7) is 8.59. The van der Waals surface area contributed by atoms with Crippen LogP contribution in [-0.4, -0.2) is 41.1 Å². The molecule has 0 spiro atoms. The Morgan fingerprint density at radius 3 is 2.82 bits per heavy atom. The standard InChI is InChI=1S/C11H22N4OS/c1-5-6-15-10(12-13-11(15)17)14(4)7-8-16-9(2)3/h9H,5-8H2,1-4H3,(H,13,17). The first-order valence-electron chi connectivity index (χ1n) is 6.04. The third-order valence-electron chi connectivity index (χ3n) is 2.40. The summed E-state index contributed by atoms with van der Waals surface area (Å²) in [6, 6.07) is 0. The van der Waals surface area contributed by atoms with Gasteiger partial charge in [0.05, 0.1) is 12.7 Å². The van der Waals surface area contributed by atoms with Gasteiger partial charge in [-0.25, -0.2) is 5.10 Å². The van der Waals surface area contributed by atoms with Crippen LogP contribution in [0, 0.1) is 4.77 Å². The van der Waals surface area contributed by atoms with Crippen molar-refractivity contribution < 1.29 is 4.74 Å². The highest BCUT2D eigenvalue weighted by Gasteiger charge is 2.10. The van der Waals surface area contributed by atoms with E-state index in [0.717, 1.165) is 25.5 Å². The molecule has 0 saturated heterocycles. The lowest BCUT2D eigenvalue weighted by atomic mass is 10.4. The fraction of sp³-hybridized carbons (Fsp3) is 0.818. The molecular formula is C11H22N4OS. The van der Waals surface area contributed by atoms with Crippen LogP contribution in [0.25, 0.3) is 0 Å². The zero-order chi connectivity index (χ0) is 12.8. The molecule has 0 radical (unpaired) electrons. The van der Waals surface area contributed by atoms with Crippen LogP contribution < -0.4 is 4.90 Å². The van der Waals surface area contributed by atoms with Crippen molar-refractivity contribution in [1.29, 1.82) is 0 Å². The number of aromatic amines is 1. The fourth-order valence-corrected chi connectivity index (χ4v) is 1.77. The second kappa shape index (κ2) is 6.76. The minimum atomic E-state index is 0.264. The van der Waals surface area contributed by atoms with Crippen molar-refractivity contribution >= 4 is 18.2 Å². The quantitative estimate of drug-likeness (QED) is 0.762. The summed E-state index contributed by atoms with van der Waals surface area (Å²) in [5, 5.41) is 7.08. The Bertz CT molecular complexity index is 385. The van der Waals surface area contributed by atoms with Gasteiger partial charge in [-0.3, -0.25) is 4.57 Å². The lowest BCUT2D eigenvalue weighted by Gasteiger charge is -2.19. The predicted molar refractivity (Wildman–Crippen MR) is 72.1 cm³/mol. The maximum atomic E-state index is 5.53. The van der Waals surface area contributed by atoms with Gasteiger partial charge in [-0.05, 0) is 32.5 Å². The molecule has 0 aliphatic rings. The minimum absolute atomic E-state index is 0.264. The van der Waals surface area contributed by atoms with E-state index in [9.17, 15) is 0 Å². The van der Waals surface area contributed by atoms with Crippen molar-refractivity contribution in [2.24, 2.45) is 0 Å². The summed E-state index contributed by atoms with van der Waals surface area (Å²) < 4.78 is 8.22. The lowest BCUT2D eigenvalue weighted by molar-refractivity contribution is 0.0844. The van der Waals surface area contributed by atoms with Gasteiger partial charge in [0.1, 0.15) is 0 Å². The van der Waals surface area contributed by atoms with Crippen LogP contribution in [0.3, 0.4) is 0 Å². The molecule has 0 unspecified atom stereocenters. The number of aromatic nitrogens is 3. The van der Waals surface area contributed by atoms with Gasteiger partial charge in [0.25, 0.3) is 0 Å². The number of nitrogens with zero attached hydrogens (tertiary/aromatic N) is 3. The second-order valence-electron chi connectivity index (χ2n) is 4.32. The zero-order valence-electron chi connectivity index (χ0n) is 11.1. The van der Waals surface area contributed by atoms with Gasteiger partial charge in [0, 0.05) is 20.1 Å². The number of nitrogens with one attached hydrogen (secondary N) is 1. The predicted octanol–water partition coefficient (Wildman–Crippen LogP) is 2.21. The molecule has 1 aromatic rings. The number of hydrogen-bond acceptors (Lipinski definition) is 4. The smallest absolute Gasteiger partial charge is 0.225 e. The van der Waals surface area contributed by atoms with Gasteiger partial charge < -0.3 is 9.64 Å². The van der Waals surface area contributed by atoms with E-state index in [-0.39, 0.29) is 6.10 Å². The zero-order valence-corrected chi connectivity index (χ0v) is 11.9. The molecule has 98 valence electrons. The Morgan fingerprint density at radius 2 is 2.24 bits per heavy atom. The highest BCUT2D eigenvalue weighted by molar-refractivity contribution is 7.71. The van der Waals surface area contributed by atoms with Gasteiger partial charge in [0.15, 0.2) is 4.77 Å². The third-order valence-corrected chi connectivity index (χ3v) is 2.72. The maximum Gasteiger partial charge on any atom is 0.225 e. The van der Waals surface area contributed by atoms with Gasteiger partial charge in [-0.1, -0.05) is 6.92 Å². The molecule has 0 aromatic carbocycles. The van der Waals surface area contributed by atoms with Crippen LogP contribution in [0.5, 0.6) is 0 Å². The van der Waals surface area contributed by atoms with E-state index in [0.29, 0.717) is 11.4 Å². The molecule has 0 aliphatic heterocycles. The van der Waals surface area contributed by atoms with E-state index in [4.69, 9.17) is 17.0 Å². The molecule has 0 aliphatic carbocycles. The average molecular weight is 258 g/mol. The maximum absolute atomic E-state index is 5.53. The van der Waals surface area contributed by atoms with Crippen molar-refractivity contribution in [3.8, 4) is 0 Å². The molecule has 5 nitrogen and oxygen atoms in total. The molecule has 0 amide bonds. The van der Waals surface area contributed by atoms with Crippen molar-refractivity contribution in [1.82, 2.24) is 14.8 Å². The Balaban J connectivity index is 2.62. The van der Waals surface area contributed by atoms with E-state index in [2.05, 4.69) is 22.0 Å². The van der Waals surface area contributed by atoms with E-state index in [1.165, 1.54) is 0 Å². The topological polar surface area (TPSA) is 46.1 Å². The van der Waals surface area contributed by atoms with Crippen molar-refractivity contribution in [2.45, 2.75) is 39.8 Å². The monoisotopic (exact) mass is 258 g/mol. The number of hydrogen-bond donors (Lipinski definition) is 1. The average Bonchev–Trinajstić information content (AvgIpc) is 2.61. The summed E-state index contributed by atoms with van der Waals surface area (Å²) >= 11 is 5.20. The molecule has 0 atom stereocenters. The fourth-order valence-electron chi connectivity index (χ4n) is 1.55. The first-order chi connectivity index (χ1) is 8.06. The van der Waals surface area contributed by atoms with E-state index < -0.39 is 0 Å². The van der Waals surface area contributed by atoms with Crippen LogP contribution in [0.15, 0.2) is 0 Å². The number of anilines is 1. The van der Waals surface area contributed by atoms with Gasteiger partial charge >= 0.3 is 0 Å². The van der Waals surface area contributed by atoms with Crippen molar-refractivity contribution in [2.75, 3.05) is 25.1 Å². The first-order valence-corrected chi connectivity index (χ1v) is 6.45. The first kappa shape index (κ1) is 14.2. The summed E-state index contributed by atoms with van der Waals surface area (Å²) in [6.07, 6.45) is 1.30. The third kappa shape index (κ3) is 4.12. The largest absolute Gasteiger partial charge is 0.377 e. The van der Waals surface area contributed by atoms with E-state index in [1.54, 1.807) is 0 Å². The molecule has 6 heteroatoms. The number of H-pyrrole nitrogens is 1. The van der Waals surface area contributed by atoms with Gasteiger partial charge in [-0.15, -0.1) is 5.10 Å². The van der Waals surface area contributed by atoms with Gasteiger partial charge in [0.2, 0.25) is 5.95 Å². The summed E-state index contributed by atoms with van der Waals surface area (Å²) in [5.74, 6) is 0.879. The molecule has 1 N–H and O–H groups in total. The molecule has 1 heterocycles. The van der Waals surface area contributed by atoms with Crippen LogP contribution in [-0.2, 0) is 11.3 Å². The van der Waals surface area contributed by atoms with Crippen LogP contribution in [0.2, 0.25) is 0 Å². The molecular weight excluding hydrogens is 236 g/mol. The number of ether oxygens (including phenoxy) is 1. The molecule has 0 fully saturated rings. The molecule has 1 aromatic heterocycles. The molecule has 0 saturated carbocycles. The van der Waals surface area contributed by atoms with E-state index >= 15 is 0 Å². The molecule has 0 bridgehead atoms. The highest BCUT2D eigenvalue weighted by atomic mass is 32.1. The summed E-state index contributed by atoms with van der Waals surface area (Å²) in [7, 11) is 2.00. The van der Waals surface area contributed by atoms with Gasteiger partial charge in [-0.2, -0.15) is 0 Å². The Kier molecular flexibility index (Phi) is 5.64.